The molecule has 1 aromatic heterocycles. The highest BCUT2D eigenvalue weighted by molar-refractivity contribution is 9.11. The first-order valence-electron chi connectivity index (χ1n) is 8.30. The SMILES string of the molecule is O=C(NCC(=O)N1CCN(Cc2ccc(Br)s2)CC1)c1ccccc1Cl. The number of piperazine rings is 1. The van der Waals surface area contributed by atoms with Crippen LogP contribution in [0.5, 0.6) is 0 Å². The molecule has 0 unspecified atom stereocenters. The number of nitrogens with zero attached hydrogens (tertiary/aromatic N) is 2. The summed E-state index contributed by atoms with van der Waals surface area (Å²) in [6, 6.07) is 11.0. The maximum atomic E-state index is 12.3. The topological polar surface area (TPSA) is 52.7 Å². The average Bonchev–Trinajstić information content (AvgIpc) is 3.05. The van der Waals surface area contributed by atoms with E-state index in [2.05, 4.69) is 38.3 Å². The van der Waals surface area contributed by atoms with E-state index in [1.165, 1.54) is 4.88 Å². The normalized spacial score (nSPS) is 15.1. The van der Waals surface area contributed by atoms with Crippen LogP contribution in [-0.4, -0.2) is 54.3 Å². The zero-order valence-electron chi connectivity index (χ0n) is 14.1. The average molecular weight is 457 g/mol. The molecule has 2 amide bonds. The first-order valence-corrected chi connectivity index (χ1v) is 10.3. The lowest BCUT2D eigenvalue weighted by Crippen LogP contribution is -2.50. The fourth-order valence-electron chi connectivity index (χ4n) is 2.82. The van der Waals surface area contributed by atoms with Crippen LogP contribution in [0, 0.1) is 0 Å². The van der Waals surface area contributed by atoms with Gasteiger partial charge in [-0.2, -0.15) is 0 Å². The summed E-state index contributed by atoms with van der Waals surface area (Å²) in [7, 11) is 0. The summed E-state index contributed by atoms with van der Waals surface area (Å²) in [6.45, 7) is 3.91. The van der Waals surface area contributed by atoms with Crippen molar-refractivity contribution in [3.63, 3.8) is 0 Å². The third kappa shape index (κ3) is 5.07. The third-order valence-corrected chi connectivity index (χ3v) is 6.19. The summed E-state index contributed by atoms with van der Waals surface area (Å²) in [6.07, 6.45) is 0. The number of rotatable bonds is 5. The zero-order valence-corrected chi connectivity index (χ0v) is 17.2. The van der Waals surface area contributed by atoms with Gasteiger partial charge in [0.25, 0.3) is 5.91 Å². The predicted octanol–water partition coefficient (Wildman–Crippen LogP) is 3.24. The Bertz CT molecular complexity index is 790. The molecule has 1 N–H and O–H groups in total. The van der Waals surface area contributed by atoms with Crippen LogP contribution in [0.25, 0.3) is 0 Å². The highest BCUT2D eigenvalue weighted by Gasteiger charge is 2.22. The quantitative estimate of drug-likeness (QED) is 0.751. The van der Waals surface area contributed by atoms with E-state index < -0.39 is 0 Å². The van der Waals surface area contributed by atoms with Crippen LogP contribution in [0.2, 0.25) is 5.02 Å². The van der Waals surface area contributed by atoms with Gasteiger partial charge in [-0.05, 0) is 40.2 Å². The monoisotopic (exact) mass is 455 g/mol. The molecule has 0 spiro atoms. The number of carbonyl (C=O) groups is 2. The largest absolute Gasteiger partial charge is 0.343 e. The molecule has 0 atom stereocenters. The minimum Gasteiger partial charge on any atom is -0.343 e. The fourth-order valence-corrected chi connectivity index (χ4v) is 4.57. The first kappa shape index (κ1) is 19.4. The van der Waals surface area contributed by atoms with Crippen LogP contribution in [0.4, 0.5) is 0 Å². The molecular formula is C18H19BrClN3O2S. The second-order valence-electron chi connectivity index (χ2n) is 6.03. The Morgan fingerprint density at radius 1 is 1.12 bits per heavy atom. The molecule has 0 radical (unpaired) electrons. The van der Waals surface area contributed by atoms with Gasteiger partial charge >= 0.3 is 0 Å². The minimum absolute atomic E-state index is 0.0120. The zero-order chi connectivity index (χ0) is 18.5. The molecule has 1 fully saturated rings. The van der Waals surface area contributed by atoms with Gasteiger partial charge in [-0.3, -0.25) is 14.5 Å². The first-order chi connectivity index (χ1) is 12.5. The number of benzene rings is 1. The predicted molar refractivity (Wildman–Crippen MR) is 108 cm³/mol. The van der Waals surface area contributed by atoms with E-state index >= 15 is 0 Å². The van der Waals surface area contributed by atoms with Crippen molar-refractivity contribution < 1.29 is 9.59 Å². The van der Waals surface area contributed by atoms with Gasteiger partial charge in [0, 0.05) is 37.6 Å². The van der Waals surface area contributed by atoms with Gasteiger partial charge in [0.15, 0.2) is 0 Å². The summed E-state index contributed by atoms with van der Waals surface area (Å²) in [5, 5.41) is 3.04. The Kier molecular flexibility index (Phi) is 6.69. The number of thiophene rings is 1. The van der Waals surface area contributed by atoms with Crippen molar-refractivity contribution in [2.75, 3.05) is 32.7 Å². The molecule has 3 rings (SSSR count). The standard InChI is InChI=1S/C18H19BrClN3O2S/c19-16-6-5-13(26-16)12-22-7-9-23(10-8-22)17(24)11-21-18(25)14-3-1-2-4-15(14)20/h1-6H,7-12H2,(H,21,25). The van der Waals surface area contributed by atoms with Gasteiger partial charge in [0.1, 0.15) is 0 Å². The number of hydrogen-bond acceptors (Lipinski definition) is 4. The number of halogens is 2. The van der Waals surface area contributed by atoms with E-state index in [0.717, 1.165) is 23.4 Å². The summed E-state index contributed by atoms with van der Waals surface area (Å²) in [5.41, 5.74) is 0.383. The Hall–Kier alpha value is -1.41. The van der Waals surface area contributed by atoms with Crippen LogP contribution in [0.1, 0.15) is 15.2 Å². The Morgan fingerprint density at radius 3 is 2.50 bits per heavy atom. The van der Waals surface area contributed by atoms with Crippen molar-refractivity contribution in [1.29, 1.82) is 0 Å². The Morgan fingerprint density at radius 2 is 1.85 bits per heavy atom. The van der Waals surface area contributed by atoms with Crippen LogP contribution < -0.4 is 5.32 Å². The van der Waals surface area contributed by atoms with Crippen molar-refractivity contribution in [1.82, 2.24) is 15.1 Å². The summed E-state index contributed by atoms with van der Waals surface area (Å²) in [5.74, 6) is -0.394. The molecule has 0 saturated carbocycles. The van der Waals surface area contributed by atoms with Gasteiger partial charge in [0.2, 0.25) is 5.91 Å². The van der Waals surface area contributed by atoms with E-state index in [4.69, 9.17) is 11.6 Å². The molecule has 1 aliphatic rings. The van der Waals surface area contributed by atoms with E-state index in [0.29, 0.717) is 23.7 Å². The van der Waals surface area contributed by atoms with E-state index in [1.807, 2.05) is 0 Å². The van der Waals surface area contributed by atoms with Crippen LogP contribution in [-0.2, 0) is 11.3 Å². The highest BCUT2D eigenvalue weighted by Crippen LogP contribution is 2.23. The summed E-state index contributed by atoms with van der Waals surface area (Å²) >= 11 is 11.2. The lowest BCUT2D eigenvalue weighted by atomic mass is 10.2. The molecule has 0 bridgehead atoms. The van der Waals surface area contributed by atoms with Crippen molar-refractivity contribution in [3.05, 3.63) is 55.6 Å². The number of carbonyl (C=O) groups excluding carboxylic acids is 2. The van der Waals surface area contributed by atoms with Gasteiger partial charge < -0.3 is 10.2 Å². The number of hydrogen-bond donors (Lipinski definition) is 1. The van der Waals surface area contributed by atoms with Gasteiger partial charge in [-0.25, -0.2) is 0 Å². The molecule has 5 nitrogen and oxygen atoms in total. The third-order valence-electron chi connectivity index (χ3n) is 4.25. The maximum absolute atomic E-state index is 12.3. The van der Waals surface area contributed by atoms with E-state index in [1.54, 1.807) is 40.5 Å². The number of amides is 2. The van der Waals surface area contributed by atoms with Crippen molar-refractivity contribution in [2.24, 2.45) is 0 Å². The summed E-state index contributed by atoms with van der Waals surface area (Å²) in [4.78, 5) is 29.9. The second kappa shape index (κ2) is 8.99. The van der Waals surface area contributed by atoms with E-state index in [9.17, 15) is 9.59 Å². The van der Waals surface area contributed by atoms with Crippen LogP contribution >= 0.6 is 38.9 Å². The molecule has 1 aromatic carbocycles. The lowest BCUT2D eigenvalue weighted by Gasteiger charge is -2.34. The fraction of sp³-hybridized carbons (Fsp3) is 0.333. The summed E-state index contributed by atoms with van der Waals surface area (Å²) < 4.78 is 1.13. The van der Waals surface area contributed by atoms with Crippen LogP contribution in [0.15, 0.2) is 40.2 Å². The van der Waals surface area contributed by atoms with Crippen molar-refractivity contribution in [3.8, 4) is 0 Å². The van der Waals surface area contributed by atoms with Crippen molar-refractivity contribution in [2.45, 2.75) is 6.54 Å². The van der Waals surface area contributed by atoms with E-state index in [-0.39, 0.29) is 18.4 Å². The second-order valence-corrected chi connectivity index (χ2v) is 8.98. The lowest BCUT2D eigenvalue weighted by molar-refractivity contribution is -0.131. The van der Waals surface area contributed by atoms with Gasteiger partial charge in [-0.1, -0.05) is 23.7 Å². The number of nitrogens with one attached hydrogen (secondary N) is 1. The molecule has 8 heteroatoms. The molecule has 0 aliphatic carbocycles. The molecule has 2 heterocycles. The Balaban J connectivity index is 1.43. The molecule has 26 heavy (non-hydrogen) atoms. The minimum atomic E-state index is -0.328. The van der Waals surface area contributed by atoms with Crippen LogP contribution in [0.3, 0.4) is 0 Å². The molecule has 1 saturated heterocycles. The molecule has 2 aromatic rings. The highest BCUT2D eigenvalue weighted by atomic mass is 79.9. The molecule has 138 valence electrons. The van der Waals surface area contributed by atoms with Gasteiger partial charge in [0.05, 0.1) is 20.9 Å². The molecular weight excluding hydrogens is 438 g/mol. The van der Waals surface area contributed by atoms with Crippen molar-refractivity contribution >= 4 is 50.7 Å². The molecule has 1 aliphatic heterocycles. The van der Waals surface area contributed by atoms with Gasteiger partial charge in [-0.15, -0.1) is 11.3 Å². The smallest absolute Gasteiger partial charge is 0.253 e. The Labute approximate surface area is 170 Å². The maximum Gasteiger partial charge on any atom is 0.253 e.